The predicted molar refractivity (Wildman–Crippen MR) is 131 cm³/mol. The fraction of sp³-hybridized carbons (Fsp3) is 0.500. The quantitative estimate of drug-likeness (QED) is 0.219. The van der Waals surface area contributed by atoms with Crippen molar-refractivity contribution in [3.63, 3.8) is 0 Å². The van der Waals surface area contributed by atoms with Crippen molar-refractivity contribution in [3.8, 4) is 0 Å². The first-order valence-corrected chi connectivity index (χ1v) is 12.0. The van der Waals surface area contributed by atoms with Gasteiger partial charge >= 0.3 is 0 Å². The van der Waals surface area contributed by atoms with Crippen LogP contribution < -0.4 is 0 Å². The van der Waals surface area contributed by atoms with Gasteiger partial charge in [-0.2, -0.15) is 10.2 Å². The SMILES string of the molecule is CCCCCCc1ccc(C=NN=Cc2ccc(C3CCC(CC)CC3)cc2)cc1. The Morgan fingerprint density at radius 1 is 0.733 bits per heavy atom. The second-order valence-electron chi connectivity index (χ2n) is 8.83. The maximum atomic E-state index is 4.24. The van der Waals surface area contributed by atoms with E-state index in [0.717, 1.165) is 23.0 Å². The van der Waals surface area contributed by atoms with Crippen LogP contribution in [0.2, 0.25) is 0 Å². The van der Waals surface area contributed by atoms with Crippen LogP contribution in [0.4, 0.5) is 0 Å². The van der Waals surface area contributed by atoms with E-state index in [9.17, 15) is 0 Å². The largest absolute Gasteiger partial charge is 0.159 e. The summed E-state index contributed by atoms with van der Waals surface area (Å²) in [6, 6.07) is 17.6. The van der Waals surface area contributed by atoms with Crippen molar-refractivity contribution in [2.45, 2.75) is 84.0 Å². The van der Waals surface area contributed by atoms with Crippen molar-refractivity contribution in [2.24, 2.45) is 16.1 Å². The van der Waals surface area contributed by atoms with Crippen LogP contribution in [-0.4, -0.2) is 12.4 Å². The molecule has 0 heterocycles. The average molecular weight is 403 g/mol. The smallest absolute Gasteiger partial charge is 0.0568 e. The molecular formula is C28H38N2. The minimum atomic E-state index is 0.742. The van der Waals surface area contributed by atoms with E-state index in [0.29, 0.717) is 0 Å². The summed E-state index contributed by atoms with van der Waals surface area (Å²) in [4.78, 5) is 0. The molecule has 1 aliphatic rings. The minimum Gasteiger partial charge on any atom is -0.159 e. The van der Waals surface area contributed by atoms with Crippen LogP contribution in [0, 0.1) is 5.92 Å². The predicted octanol–water partition coefficient (Wildman–Crippen LogP) is 7.95. The molecule has 1 fully saturated rings. The molecule has 0 atom stereocenters. The van der Waals surface area contributed by atoms with Crippen LogP contribution in [0.3, 0.4) is 0 Å². The van der Waals surface area contributed by atoms with Gasteiger partial charge in [-0.25, -0.2) is 0 Å². The molecule has 0 N–H and O–H groups in total. The van der Waals surface area contributed by atoms with E-state index >= 15 is 0 Å². The van der Waals surface area contributed by atoms with Crippen LogP contribution in [0.15, 0.2) is 58.7 Å². The molecule has 2 heteroatoms. The summed E-state index contributed by atoms with van der Waals surface area (Å²) in [5.41, 5.74) is 5.11. The minimum absolute atomic E-state index is 0.742. The summed E-state index contributed by atoms with van der Waals surface area (Å²) in [5.74, 6) is 1.69. The van der Waals surface area contributed by atoms with Gasteiger partial charge in [-0.3, -0.25) is 0 Å². The van der Waals surface area contributed by atoms with Gasteiger partial charge < -0.3 is 0 Å². The molecule has 30 heavy (non-hydrogen) atoms. The Balaban J connectivity index is 1.45. The number of unbranched alkanes of at least 4 members (excludes halogenated alkanes) is 3. The number of hydrogen-bond donors (Lipinski definition) is 0. The Labute approximate surface area is 183 Å². The Morgan fingerprint density at radius 3 is 1.90 bits per heavy atom. The van der Waals surface area contributed by atoms with Gasteiger partial charge in [-0.15, -0.1) is 0 Å². The lowest BCUT2D eigenvalue weighted by molar-refractivity contribution is 0.319. The van der Waals surface area contributed by atoms with Crippen molar-refractivity contribution >= 4 is 12.4 Å². The lowest BCUT2D eigenvalue weighted by atomic mass is 9.78. The number of hydrogen-bond acceptors (Lipinski definition) is 2. The third kappa shape index (κ3) is 7.23. The lowest BCUT2D eigenvalue weighted by Crippen LogP contribution is -2.12. The van der Waals surface area contributed by atoms with Gasteiger partial charge in [0, 0.05) is 0 Å². The summed E-state index contributed by atoms with van der Waals surface area (Å²) in [6.45, 7) is 4.58. The Morgan fingerprint density at radius 2 is 1.33 bits per heavy atom. The standard InChI is InChI=1S/C28H38N2/c1-3-5-6-7-8-24-9-11-25(12-10-24)21-29-30-22-26-15-19-28(20-16-26)27-17-13-23(4-2)14-18-27/h9-12,15-16,19-23,27H,3-8,13-14,17-18H2,1-2H3. The molecule has 0 bridgehead atoms. The van der Waals surface area contributed by atoms with Crippen LogP contribution in [0.5, 0.6) is 0 Å². The zero-order chi connectivity index (χ0) is 21.0. The maximum absolute atomic E-state index is 4.24. The molecular weight excluding hydrogens is 364 g/mol. The highest BCUT2D eigenvalue weighted by atomic mass is 15.2. The van der Waals surface area contributed by atoms with Gasteiger partial charge in [0.25, 0.3) is 0 Å². The highest BCUT2D eigenvalue weighted by molar-refractivity contribution is 5.82. The molecule has 0 saturated heterocycles. The van der Waals surface area contributed by atoms with Gasteiger partial charge in [0.2, 0.25) is 0 Å². The van der Waals surface area contributed by atoms with E-state index in [2.05, 4.69) is 72.6 Å². The van der Waals surface area contributed by atoms with Gasteiger partial charge in [0.15, 0.2) is 0 Å². The summed E-state index contributed by atoms with van der Waals surface area (Å²) < 4.78 is 0. The van der Waals surface area contributed by atoms with Crippen LogP contribution in [0.1, 0.15) is 99.8 Å². The molecule has 0 amide bonds. The summed E-state index contributed by atoms with van der Waals surface area (Å²) >= 11 is 0. The number of rotatable bonds is 10. The molecule has 0 radical (unpaired) electrons. The van der Waals surface area contributed by atoms with Gasteiger partial charge in [0.1, 0.15) is 0 Å². The van der Waals surface area contributed by atoms with Crippen molar-refractivity contribution < 1.29 is 0 Å². The van der Waals surface area contributed by atoms with Crippen LogP contribution >= 0.6 is 0 Å². The van der Waals surface area contributed by atoms with E-state index in [4.69, 9.17) is 0 Å². The molecule has 0 aliphatic heterocycles. The molecule has 2 nitrogen and oxygen atoms in total. The number of nitrogens with zero attached hydrogens (tertiary/aromatic N) is 2. The molecule has 1 aliphatic carbocycles. The molecule has 2 aromatic carbocycles. The van der Waals surface area contributed by atoms with E-state index in [1.54, 1.807) is 0 Å². The average Bonchev–Trinajstić information content (AvgIpc) is 2.81. The second-order valence-corrected chi connectivity index (χ2v) is 8.83. The number of benzene rings is 2. The third-order valence-electron chi connectivity index (χ3n) is 6.61. The van der Waals surface area contributed by atoms with Crippen molar-refractivity contribution in [2.75, 3.05) is 0 Å². The first kappa shape index (κ1) is 22.5. The molecule has 160 valence electrons. The summed E-state index contributed by atoms with van der Waals surface area (Å²) in [6.07, 6.45) is 16.9. The maximum Gasteiger partial charge on any atom is 0.0568 e. The van der Waals surface area contributed by atoms with Gasteiger partial charge in [0.05, 0.1) is 12.4 Å². The molecule has 0 spiro atoms. The lowest BCUT2D eigenvalue weighted by Gasteiger charge is -2.28. The Kier molecular flexibility index (Phi) is 9.34. The Bertz CT molecular complexity index is 778. The fourth-order valence-electron chi connectivity index (χ4n) is 4.48. The highest BCUT2D eigenvalue weighted by Crippen LogP contribution is 2.36. The summed E-state index contributed by atoms with van der Waals surface area (Å²) in [5, 5.41) is 8.46. The molecule has 2 aromatic rings. The van der Waals surface area contributed by atoms with E-state index < -0.39 is 0 Å². The third-order valence-corrected chi connectivity index (χ3v) is 6.61. The van der Waals surface area contributed by atoms with Gasteiger partial charge in [-0.1, -0.05) is 88.1 Å². The molecule has 0 aromatic heterocycles. The van der Waals surface area contributed by atoms with E-state index in [1.165, 1.54) is 75.3 Å². The van der Waals surface area contributed by atoms with Crippen molar-refractivity contribution in [1.29, 1.82) is 0 Å². The zero-order valence-electron chi connectivity index (χ0n) is 18.9. The van der Waals surface area contributed by atoms with Crippen LogP contribution in [0.25, 0.3) is 0 Å². The molecule has 3 rings (SSSR count). The normalized spacial score (nSPS) is 19.7. The fourth-order valence-corrected chi connectivity index (χ4v) is 4.48. The number of aryl methyl sites for hydroxylation is 1. The van der Waals surface area contributed by atoms with E-state index in [1.807, 2.05) is 12.4 Å². The van der Waals surface area contributed by atoms with Crippen LogP contribution in [-0.2, 0) is 6.42 Å². The first-order valence-electron chi connectivity index (χ1n) is 12.0. The van der Waals surface area contributed by atoms with Crippen molar-refractivity contribution in [1.82, 2.24) is 0 Å². The highest BCUT2D eigenvalue weighted by Gasteiger charge is 2.20. The first-order chi connectivity index (χ1) is 14.8. The molecule has 0 unspecified atom stereocenters. The zero-order valence-corrected chi connectivity index (χ0v) is 18.9. The monoisotopic (exact) mass is 402 g/mol. The van der Waals surface area contributed by atoms with Gasteiger partial charge in [-0.05, 0) is 72.6 Å². The van der Waals surface area contributed by atoms with E-state index in [-0.39, 0.29) is 0 Å². The molecule has 1 saturated carbocycles. The summed E-state index contributed by atoms with van der Waals surface area (Å²) in [7, 11) is 0. The topological polar surface area (TPSA) is 24.7 Å². The second kappa shape index (κ2) is 12.5. The Hall–Kier alpha value is -2.22. The van der Waals surface area contributed by atoms with Crippen molar-refractivity contribution in [3.05, 3.63) is 70.8 Å².